The van der Waals surface area contributed by atoms with Gasteiger partial charge in [-0.1, -0.05) is 0 Å². The summed E-state index contributed by atoms with van der Waals surface area (Å²) in [5, 5.41) is 7.83. The summed E-state index contributed by atoms with van der Waals surface area (Å²) in [6.45, 7) is 5.07. The maximum atomic E-state index is 13.4. The number of nitrogens with zero attached hydrogens (tertiary/aromatic N) is 1. The Labute approximate surface area is 146 Å². The van der Waals surface area contributed by atoms with Crippen LogP contribution in [0.5, 0.6) is 0 Å². The Morgan fingerprint density at radius 2 is 2.00 bits per heavy atom. The molecule has 1 aromatic carbocycles. The maximum absolute atomic E-state index is 13.4. The van der Waals surface area contributed by atoms with Gasteiger partial charge in [0, 0.05) is 38.4 Å². The number of amides is 3. The van der Waals surface area contributed by atoms with Crippen LogP contribution in [0.15, 0.2) is 18.2 Å². The fraction of sp³-hybridized carbons (Fsp3) is 0.529. The molecule has 2 rings (SSSR count). The van der Waals surface area contributed by atoms with E-state index >= 15 is 0 Å². The van der Waals surface area contributed by atoms with Crippen molar-refractivity contribution in [3.05, 3.63) is 29.8 Å². The second-order valence-corrected chi connectivity index (χ2v) is 6.74. The molecule has 0 saturated carbocycles. The first-order valence-corrected chi connectivity index (χ1v) is 8.21. The first kappa shape index (κ1) is 19.0. The molecular formula is C17H24F2N4O2. The van der Waals surface area contributed by atoms with Crippen molar-refractivity contribution in [2.45, 2.75) is 25.8 Å². The fourth-order valence-corrected chi connectivity index (χ4v) is 2.78. The Hall–Kier alpha value is -2.38. The number of carbonyl (C=O) groups is 2. The molecule has 1 saturated heterocycles. The number of carbonyl (C=O) groups excluding carboxylic acids is 2. The van der Waals surface area contributed by atoms with Crippen molar-refractivity contribution in [2.24, 2.45) is 5.92 Å². The van der Waals surface area contributed by atoms with Gasteiger partial charge in [0.15, 0.2) is 11.6 Å². The monoisotopic (exact) mass is 354 g/mol. The van der Waals surface area contributed by atoms with E-state index in [-0.39, 0.29) is 11.8 Å². The minimum atomic E-state index is -1.03. The Morgan fingerprint density at radius 1 is 1.28 bits per heavy atom. The van der Waals surface area contributed by atoms with Crippen molar-refractivity contribution in [3.63, 3.8) is 0 Å². The Bertz CT molecular complexity index is 652. The quantitative estimate of drug-likeness (QED) is 0.752. The van der Waals surface area contributed by atoms with Gasteiger partial charge in [-0.3, -0.25) is 4.79 Å². The van der Waals surface area contributed by atoms with Crippen LogP contribution in [0, 0.1) is 17.6 Å². The summed E-state index contributed by atoms with van der Waals surface area (Å²) in [4.78, 5) is 25.6. The number of nitrogens with one attached hydrogen (secondary N) is 3. The average molecular weight is 354 g/mol. The normalized spacial score (nSPS) is 17.3. The molecule has 1 aliphatic heterocycles. The summed E-state index contributed by atoms with van der Waals surface area (Å²) in [6, 6.07) is 3.43. The third kappa shape index (κ3) is 4.80. The molecule has 3 N–H and O–H groups in total. The van der Waals surface area contributed by atoms with Gasteiger partial charge in [-0.2, -0.15) is 0 Å². The lowest BCUT2D eigenvalue weighted by Gasteiger charge is -2.25. The van der Waals surface area contributed by atoms with E-state index in [1.165, 1.54) is 13.1 Å². The van der Waals surface area contributed by atoms with Gasteiger partial charge in [0.2, 0.25) is 5.91 Å². The van der Waals surface area contributed by atoms with Crippen LogP contribution in [0.4, 0.5) is 19.3 Å². The van der Waals surface area contributed by atoms with Gasteiger partial charge >= 0.3 is 6.03 Å². The largest absolute Gasteiger partial charge is 0.371 e. The zero-order chi connectivity index (χ0) is 18.6. The lowest BCUT2D eigenvalue weighted by molar-refractivity contribution is -0.126. The summed E-state index contributed by atoms with van der Waals surface area (Å²) < 4.78 is 26.4. The van der Waals surface area contributed by atoms with Gasteiger partial charge in [0.25, 0.3) is 0 Å². The summed E-state index contributed by atoms with van der Waals surface area (Å²) in [6.07, 6.45) is 0.836. The van der Waals surface area contributed by atoms with E-state index in [0.717, 1.165) is 12.5 Å². The van der Waals surface area contributed by atoms with E-state index < -0.39 is 23.2 Å². The molecular weight excluding hydrogens is 330 g/mol. The van der Waals surface area contributed by atoms with Crippen molar-refractivity contribution in [1.29, 1.82) is 0 Å². The van der Waals surface area contributed by atoms with E-state index in [1.807, 2.05) is 4.90 Å². The second-order valence-electron chi connectivity index (χ2n) is 6.74. The Morgan fingerprint density at radius 3 is 2.64 bits per heavy atom. The van der Waals surface area contributed by atoms with Gasteiger partial charge < -0.3 is 20.9 Å². The van der Waals surface area contributed by atoms with Crippen LogP contribution in [-0.4, -0.2) is 44.2 Å². The maximum Gasteiger partial charge on any atom is 0.315 e. The first-order chi connectivity index (χ1) is 11.7. The van der Waals surface area contributed by atoms with Gasteiger partial charge in [-0.15, -0.1) is 0 Å². The van der Waals surface area contributed by atoms with Crippen molar-refractivity contribution < 1.29 is 18.4 Å². The number of anilines is 1. The number of hydrogen-bond donors (Lipinski definition) is 3. The Kier molecular flexibility index (Phi) is 5.81. The average Bonchev–Trinajstić information content (AvgIpc) is 3.03. The van der Waals surface area contributed by atoms with Gasteiger partial charge in [0.05, 0.1) is 0 Å². The van der Waals surface area contributed by atoms with Crippen LogP contribution < -0.4 is 20.9 Å². The summed E-state index contributed by atoms with van der Waals surface area (Å²) >= 11 is 0. The SMILES string of the molecule is CNC(=O)NC(C)(C)C(=O)NC[C@@H]1CCN(c2ccc(F)c(F)c2)C1. The van der Waals surface area contributed by atoms with Crippen molar-refractivity contribution >= 4 is 17.6 Å². The highest BCUT2D eigenvalue weighted by Gasteiger charge is 2.30. The molecule has 0 aliphatic carbocycles. The number of rotatable bonds is 5. The smallest absolute Gasteiger partial charge is 0.315 e. The number of halogens is 2. The molecule has 1 fully saturated rings. The van der Waals surface area contributed by atoms with Crippen molar-refractivity contribution in [3.8, 4) is 0 Å². The van der Waals surface area contributed by atoms with Crippen molar-refractivity contribution in [1.82, 2.24) is 16.0 Å². The van der Waals surface area contributed by atoms with E-state index in [9.17, 15) is 18.4 Å². The molecule has 138 valence electrons. The van der Waals surface area contributed by atoms with Crippen LogP contribution in [0.3, 0.4) is 0 Å². The molecule has 1 heterocycles. The number of benzene rings is 1. The lowest BCUT2D eigenvalue weighted by Crippen LogP contribution is -2.57. The summed E-state index contributed by atoms with van der Waals surface area (Å²) in [7, 11) is 1.48. The van der Waals surface area contributed by atoms with Crippen LogP contribution in [-0.2, 0) is 4.79 Å². The molecule has 1 aliphatic rings. The zero-order valence-electron chi connectivity index (χ0n) is 14.7. The molecule has 3 amide bonds. The molecule has 0 radical (unpaired) electrons. The summed E-state index contributed by atoms with van der Waals surface area (Å²) in [5.41, 5.74) is -0.396. The van der Waals surface area contributed by atoms with Crippen LogP contribution in [0.25, 0.3) is 0 Å². The molecule has 0 aromatic heterocycles. The van der Waals surface area contributed by atoms with Gasteiger partial charge in [-0.05, 0) is 38.3 Å². The topological polar surface area (TPSA) is 73.5 Å². The van der Waals surface area contributed by atoms with Crippen LogP contribution in [0.2, 0.25) is 0 Å². The zero-order valence-corrected chi connectivity index (χ0v) is 14.7. The molecule has 25 heavy (non-hydrogen) atoms. The van der Waals surface area contributed by atoms with Crippen molar-refractivity contribution in [2.75, 3.05) is 31.6 Å². The minimum absolute atomic E-state index is 0.202. The standard InChI is InChI=1S/C17H24F2N4O2/c1-17(2,22-16(25)20-3)15(24)21-9-11-6-7-23(10-11)12-4-5-13(18)14(19)8-12/h4-5,8,11H,6-7,9-10H2,1-3H3,(H,21,24)(H2,20,22,25)/t11-/m0/s1. The molecule has 6 nitrogen and oxygen atoms in total. The molecule has 0 bridgehead atoms. The number of hydrogen-bond acceptors (Lipinski definition) is 3. The first-order valence-electron chi connectivity index (χ1n) is 8.21. The third-order valence-corrected chi connectivity index (χ3v) is 4.33. The highest BCUT2D eigenvalue weighted by molar-refractivity contribution is 5.90. The minimum Gasteiger partial charge on any atom is -0.371 e. The number of urea groups is 1. The summed E-state index contributed by atoms with van der Waals surface area (Å²) in [5.74, 6) is -1.80. The van der Waals surface area contributed by atoms with Crippen LogP contribution in [0.1, 0.15) is 20.3 Å². The molecule has 0 unspecified atom stereocenters. The lowest BCUT2D eigenvalue weighted by atomic mass is 10.0. The fourth-order valence-electron chi connectivity index (χ4n) is 2.78. The molecule has 8 heteroatoms. The van der Waals surface area contributed by atoms with Gasteiger partial charge in [0.1, 0.15) is 5.54 Å². The molecule has 0 spiro atoms. The highest BCUT2D eigenvalue weighted by atomic mass is 19.2. The van der Waals surface area contributed by atoms with Gasteiger partial charge in [-0.25, -0.2) is 13.6 Å². The molecule has 1 atom stereocenters. The second kappa shape index (κ2) is 7.67. The predicted octanol–water partition coefficient (Wildman–Crippen LogP) is 1.61. The van der Waals surface area contributed by atoms with E-state index in [2.05, 4.69) is 16.0 Å². The third-order valence-electron chi connectivity index (χ3n) is 4.33. The highest BCUT2D eigenvalue weighted by Crippen LogP contribution is 2.25. The van der Waals surface area contributed by atoms with Crippen LogP contribution >= 0.6 is 0 Å². The van der Waals surface area contributed by atoms with E-state index in [1.54, 1.807) is 19.9 Å². The van der Waals surface area contributed by atoms with E-state index in [0.29, 0.717) is 25.3 Å². The Balaban J connectivity index is 1.85. The van der Waals surface area contributed by atoms with E-state index in [4.69, 9.17) is 0 Å². The molecule has 1 aromatic rings. The predicted molar refractivity (Wildman–Crippen MR) is 91.4 cm³/mol.